The summed E-state index contributed by atoms with van der Waals surface area (Å²) in [5, 5.41) is 0.504. The Morgan fingerprint density at radius 1 is 1.18 bits per heavy atom. The first-order valence-corrected chi connectivity index (χ1v) is 8.08. The number of hydrogen-bond donors (Lipinski definition) is 0. The number of hydrogen-bond acceptors (Lipinski definition) is 2. The number of benzene rings is 1. The van der Waals surface area contributed by atoms with E-state index >= 15 is 0 Å². The maximum Gasteiger partial charge on any atom is 0.144 e. The zero-order chi connectivity index (χ0) is 15.7. The van der Waals surface area contributed by atoms with Gasteiger partial charge in [0.15, 0.2) is 0 Å². The summed E-state index contributed by atoms with van der Waals surface area (Å²) in [6, 6.07) is 8.27. The van der Waals surface area contributed by atoms with Crippen LogP contribution in [0.5, 0.6) is 0 Å². The van der Waals surface area contributed by atoms with Crippen molar-refractivity contribution in [3.8, 4) is 11.4 Å². The van der Waals surface area contributed by atoms with E-state index in [0.717, 1.165) is 36.3 Å². The molecule has 0 atom stereocenters. The van der Waals surface area contributed by atoms with Gasteiger partial charge < -0.3 is 4.57 Å². The highest BCUT2D eigenvalue weighted by Gasteiger charge is 2.16. The van der Waals surface area contributed by atoms with Gasteiger partial charge in [-0.05, 0) is 55.7 Å². The van der Waals surface area contributed by atoms with Gasteiger partial charge in [0.05, 0.1) is 16.6 Å². The van der Waals surface area contributed by atoms with Gasteiger partial charge >= 0.3 is 0 Å². The van der Waals surface area contributed by atoms with Crippen LogP contribution in [0, 0.1) is 13.8 Å². The molecule has 22 heavy (non-hydrogen) atoms. The van der Waals surface area contributed by atoms with Crippen molar-refractivity contribution in [3.63, 3.8) is 0 Å². The minimum Gasteiger partial charge on any atom is -0.324 e. The molecule has 2 aromatic heterocycles. The molecule has 114 valence electrons. The lowest BCUT2D eigenvalue weighted by Gasteiger charge is -2.10. The third-order valence-electron chi connectivity index (χ3n) is 4.10. The first-order chi connectivity index (χ1) is 10.6. The van der Waals surface area contributed by atoms with Gasteiger partial charge in [-0.25, -0.2) is 9.97 Å². The molecule has 0 unspecified atom stereocenters. The van der Waals surface area contributed by atoms with Crippen molar-refractivity contribution in [3.05, 3.63) is 46.7 Å². The van der Waals surface area contributed by atoms with Crippen molar-refractivity contribution in [1.82, 2.24) is 14.5 Å². The van der Waals surface area contributed by atoms with Gasteiger partial charge in [-0.2, -0.15) is 0 Å². The Kier molecular flexibility index (Phi) is 4.16. The Labute approximate surface area is 136 Å². The number of nitrogens with zero attached hydrogens (tertiary/aromatic N) is 3. The largest absolute Gasteiger partial charge is 0.324 e. The molecule has 0 aliphatic rings. The molecular formula is C18H20ClN3. The van der Waals surface area contributed by atoms with E-state index < -0.39 is 0 Å². The highest BCUT2D eigenvalue weighted by molar-refractivity contribution is 6.32. The van der Waals surface area contributed by atoms with E-state index in [-0.39, 0.29) is 0 Å². The van der Waals surface area contributed by atoms with Gasteiger partial charge in [0.2, 0.25) is 0 Å². The Hall–Kier alpha value is -1.87. The van der Waals surface area contributed by atoms with Crippen molar-refractivity contribution in [2.45, 2.75) is 40.2 Å². The molecule has 3 aromatic rings. The van der Waals surface area contributed by atoms with Crippen LogP contribution in [-0.4, -0.2) is 14.5 Å². The first kappa shape index (κ1) is 15.0. The molecule has 0 N–H and O–H groups in total. The van der Waals surface area contributed by atoms with Crippen LogP contribution in [0.2, 0.25) is 5.15 Å². The SMILES string of the molecule is CCCCn1c(-c2cccnc2Cl)nc2cc(C)c(C)cc21. The summed E-state index contributed by atoms with van der Waals surface area (Å²) in [6.45, 7) is 7.40. The second-order valence-corrected chi connectivity index (χ2v) is 6.07. The van der Waals surface area contributed by atoms with Crippen molar-refractivity contribution in [1.29, 1.82) is 0 Å². The lowest BCUT2D eigenvalue weighted by molar-refractivity contribution is 0.651. The van der Waals surface area contributed by atoms with Gasteiger partial charge in [-0.1, -0.05) is 24.9 Å². The van der Waals surface area contributed by atoms with Crippen LogP contribution < -0.4 is 0 Å². The topological polar surface area (TPSA) is 30.7 Å². The zero-order valence-corrected chi connectivity index (χ0v) is 14.0. The lowest BCUT2D eigenvalue weighted by atomic mass is 10.1. The van der Waals surface area contributed by atoms with Gasteiger partial charge in [-0.3, -0.25) is 0 Å². The van der Waals surface area contributed by atoms with E-state index in [1.165, 1.54) is 16.6 Å². The second-order valence-electron chi connectivity index (χ2n) is 5.71. The predicted octanol–water partition coefficient (Wildman–Crippen LogP) is 5.17. The van der Waals surface area contributed by atoms with Crippen LogP contribution in [-0.2, 0) is 6.54 Å². The highest BCUT2D eigenvalue weighted by atomic mass is 35.5. The van der Waals surface area contributed by atoms with E-state index in [1.54, 1.807) is 6.20 Å². The Morgan fingerprint density at radius 3 is 2.68 bits per heavy atom. The average molecular weight is 314 g/mol. The highest BCUT2D eigenvalue weighted by Crippen LogP contribution is 2.30. The third kappa shape index (κ3) is 2.61. The molecule has 0 spiro atoms. The molecule has 0 amide bonds. The molecular weight excluding hydrogens is 294 g/mol. The van der Waals surface area contributed by atoms with Crippen LogP contribution in [0.15, 0.2) is 30.5 Å². The minimum absolute atomic E-state index is 0.504. The van der Waals surface area contributed by atoms with E-state index in [9.17, 15) is 0 Å². The summed E-state index contributed by atoms with van der Waals surface area (Å²) in [7, 11) is 0. The number of rotatable bonds is 4. The summed E-state index contributed by atoms with van der Waals surface area (Å²) >= 11 is 6.29. The smallest absolute Gasteiger partial charge is 0.144 e. The zero-order valence-electron chi connectivity index (χ0n) is 13.2. The molecule has 1 aromatic carbocycles. The Morgan fingerprint density at radius 2 is 1.95 bits per heavy atom. The molecule has 2 heterocycles. The number of pyridine rings is 1. The van der Waals surface area contributed by atoms with E-state index in [4.69, 9.17) is 16.6 Å². The fraction of sp³-hybridized carbons (Fsp3) is 0.333. The Bertz CT molecular complexity index is 821. The van der Waals surface area contributed by atoms with E-state index in [1.807, 2.05) is 12.1 Å². The van der Waals surface area contributed by atoms with Crippen molar-refractivity contribution < 1.29 is 0 Å². The van der Waals surface area contributed by atoms with Gasteiger partial charge in [-0.15, -0.1) is 0 Å². The summed E-state index contributed by atoms with van der Waals surface area (Å²) < 4.78 is 2.27. The number of aryl methyl sites for hydroxylation is 3. The number of fused-ring (bicyclic) bond motifs is 1. The molecule has 3 rings (SSSR count). The van der Waals surface area contributed by atoms with Crippen LogP contribution in [0.1, 0.15) is 30.9 Å². The molecule has 4 heteroatoms. The van der Waals surface area contributed by atoms with Crippen molar-refractivity contribution >= 4 is 22.6 Å². The van der Waals surface area contributed by atoms with Crippen LogP contribution in [0.3, 0.4) is 0 Å². The van der Waals surface area contributed by atoms with E-state index in [0.29, 0.717) is 5.15 Å². The fourth-order valence-electron chi connectivity index (χ4n) is 2.68. The number of imidazole rings is 1. The molecule has 0 fully saturated rings. The molecule has 0 saturated carbocycles. The maximum atomic E-state index is 6.29. The summed E-state index contributed by atoms with van der Waals surface area (Å²) in [5.74, 6) is 0.909. The molecule has 3 nitrogen and oxygen atoms in total. The summed E-state index contributed by atoms with van der Waals surface area (Å²) in [6.07, 6.45) is 3.97. The predicted molar refractivity (Wildman–Crippen MR) is 92.4 cm³/mol. The van der Waals surface area contributed by atoms with Gasteiger partial charge in [0.25, 0.3) is 0 Å². The average Bonchev–Trinajstić information content (AvgIpc) is 2.83. The lowest BCUT2D eigenvalue weighted by Crippen LogP contribution is -2.01. The Balaban J connectivity index is 2.26. The minimum atomic E-state index is 0.504. The number of unbranched alkanes of at least 4 members (excludes halogenated alkanes) is 1. The van der Waals surface area contributed by atoms with Crippen LogP contribution in [0.25, 0.3) is 22.4 Å². The molecule has 0 radical (unpaired) electrons. The molecule has 0 aliphatic carbocycles. The monoisotopic (exact) mass is 313 g/mol. The van der Waals surface area contributed by atoms with Crippen molar-refractivity contribution in [2.24, 2.45) is 0 Å². The van der Waals surface area contributed by atoms with E-state index in [2.05, 4.69) is 42.5 Å². The van der Waals surface area contributed by atoms with Gasteiger partial charge in [0, 0.05) is 12.7 Å². The standard InChI is InChI=1S/C18H20ClN3/c1-4-5-9-22-16-11-13(3)12(2)10-15(16)21-18(22)14-7-6-8-20-17(14)19/h6-8,10-11H,4-5,9H2,1-3H3. The normalized spacial score (nSPS) is 11.3. The van der Waals surface area contributed by atoms with Crippen LogP contribution >= 0.6 is 11.6 Å². The maximum absolute atomic E-state index is 6.29. The van der Waals surface area contributed by atoms with Crippen molar-refractivity contribution in [2.75, 3.05) is 0 Å². The number of halogens is 1. The summed E-state index contributed by atoms with van der Waals surface area (Å²) in [4.78, 5) is 9.03. The summed E-state index contributed by atoms with van der Waals surface area (Å²) in [5.41, 5.74) is 5.64. The molecule has 0 saturated heterocycles. The third-order valence-corrected chi connectivity index (χ3v) is 4.40. The first-order valence-electron chi connectivity index (χ1n) is 7.70. The fourth-order valence-corrected chi connectivity index (χ4v) is 2.88. The second kappa shape index (κ2) is 6.09. The molecule has 0 aliphatic heterocycles. The van der Waals surface area contributed by atoms with Crippen LogP contribution in [0.4, 0.5) is 0 Å². The van der Waals surface area contributed by atoms with Gasteiger partial charge in [0.1, 0.15) is 11.0 Å². The number of aromatic nitrogens is 3. The molecule has 0 bridgehead atoms. The quantitative estimate of drug-likeness (QED) is 0.622.